The van der Waals surface area contributed by atoms with Gasteiger partial charge in [-0.25, -0.2) is 0 Å². The number of nitrogens with zero attached hydrogens (tertiary/aromatic N) is 2. The fourth-order valence-electron chi connectivity index (χ4n) is 3.45. The molecule has 2 aliphatic heterocycles. The minimum Gasteiger partial charge on any atom is -0.386 e. The first-order valence-electron chi connectivity index (χ1n) is 6.82. The van der Waals surface area contributed by atoms with Gasteiger partial charge >= 0.3 is 0 Å². The number of fused-ring (bicyclic) bond motifs is 4. The van der Waals surface area contributed by atoms with Gasteiger partial charge in [-0.2, -0.15) is 0 Å². The minimum absolute atomic E-state index is 0.0168. The smallest absolute Gasteiger partial charge is 0.256 e. The Labute approximate surface area is 115 Å². The van der Waals surface area contributed by atoms with Gasteiger partial charge in [-0.1, -0.05) is 9.39 Å². The van der Waals surface area contributed by atoms with Gasteiger partial charge in [0.25, 0.3) is 5.56 Å². The first-order chi connectivity index (χ1) is 8.86. The highest BCUT2D eigenvalue weighted by Crippen LogP contribution is 2.36. The molecule has 19 heavy (non-hydrogen) atoms. The fourth-order valence-corrected chi connectivity index (χ4v) is 4.00. The van der Waals surface area contributed by atoms with Crippen LogP contribution in [-0.4, -0.2) is 27.4 Å². The monoisotopic (exact) mass is 280 g/mol. The van der Waals surface area contributed by atoms with Crippen LogP contribution in [0.1, 0.15) is 37.4 Å². The predicted octanol–water partition coefficient (Wildman–Crippen LogP) is 1.28. The van der Waals surface area contributed by atoms with Gasteiger partial charge in [0.2, 0.25) is 0 Å². The highest BCUT2D eigenvalue weighted by Gasteiger charge is 2.34. The lowest BCUT2D eigenvalue weighted by molar-refractivity contribution is 0.0756. The molecule has 0 amide bonds. The van der Waals surface area contributed by atoms with Crippen LogP contribution in [0.2, 0.25) is 0 Å². The van der Waals surface area contributed by atoms with E-state index in [4.69, 9.17) is 0 Å². The van der Waals surface area contributed by atoms with Crippen molar-refractivity contribution in [3.8, 4) is 0 Å². The number of hydrogen-bond donors (Lipinski definition) is 1. The van der Waals surface area contributed by atoms with Crippen molar-refractivity contribution < 1.29 is 5.11 Å². The second kappa shape index (κ2) is 4.41. The lowest BCUT2D eigenvalue weighted by Crippen LogP contribution is -2.45. The largest absolute Gasteiger partial charge is 0.386 e. The molecule has 1 fully saturated rings. The van der Waals surface area contributed by atoms with Crippen molar-refractivity contribution in [1.29, 1.82) is 0 Å². The normalized spacial score (nSPS) is 27.2. The van der Waals surface area contributed by atoms with E-state index in [-0.39, 0.29) is 5.56 Å². The first-order valence-corrected chi connectivity index (χ1v) is 7.34. The lowest BCUT2D eigenvalue weighted by atomic mass is 9.83. The standard InChI is InChI=1S/C14H21N2O2P/c1-14(2,18)11-3-4-12-10-5-9(6-15(19)8-10)7-16(12)13(11)17/h3-4,9-10,18H,5-8,19H2,1-2H3. The topological polar surface area (TPSA) is 45.5 Å². The molecular weight excluding hydrogens is 259 g/mol. The summed E-state index contributed by atoms with van der Waals surface area (Å²) in [4.78, 5) is 12.6. The average molecular weight is 280 g/mol. The van der Waals surface area contributed by atoms with E-state index in [0.717, 1.165) is 25.3 Å². The van der Waals surface area contributed by atoms with E-state index in [2.05, 4.69) is 14.1 Å². The zero-order valence-corrected chi connectivity index (χ0v) is 12.6. The van der Waals surface area contributed by atoms with Gasteiger partial charge in [-0.15, -0.1) is 0 Å². The number of aromatic nitrogens is 1. The van der Waals surface area contributed by atoms with Crippen molar-refractivity contribution in [1.82, 2.24) is 9.24 Å². The van der Waals surface area contributed by atoms with Gasteiger partial charge in [-0.05, 0) is 38.3 Å². The van der Waals surface area contributed by atoms with E-state index >= 15 is 0 Å². The summed E-state index contributed by atoms with van der Waals surface area (Å²) >= 11 is 0. The molecule has 0 saturated carbocycles. The molecule has 1 aromatic rings. The van der Waals surface area contributed by atoms with Gasteiger partial charge in [0.1, 0.15) is 0 Å². The van der Waals surface area contributed by atoms with Crippen LogP contribution in [0.4, 0.5) is 0 Å². The van der Waals surface area contributed by atoms with Gasteiger partial charge < -0.3 is 9.67 Å². The zero-order valence-electron chi connectivity index (χ0n) is 11.5. The van der Waals surface area contributed by atoms with Crippen molar-refractivity contribution in [3.63, 3.8) is 0 Å². The third kappa shape index (κ3) is 2.26. The molecule has 1 aromatic heterocycles. The first kappa shape index (κ1) is 13.3. The Morgan fingerprint density at radius 2 is 2.05 bits per heavy atom. The van der Waals surface area contributed by atoms with Crippen LogP contribution in [0, 0.1) is 5.92 Å². The van der Waals surface area contributed by atoms with E-state index in [9.17, 15) is 9.90 Å². The Kier molecular flexibility index (Phi) is 3.08. The maximum absolute atomic E-state index is 12.6. The molecule has 0 spiro atoms. The van der Waals surface area contributed by atoms with Crippen LogP contribution in [0.3, 0.4) is 0 Å². The molecule has 0 aromatic carbocycles. The quantitative estimate of drug-likeness (QED) is 0.788. The van der Waals surface area contributed by atoms with Gasteiger partial charge in [0.15, 0.2) is 0 Å². The molecule has 0 aliphatic carbocycles. The number of hydrogen-bond acceptors (Lipinski definition) is 3. The molecule has 3 heterocycles. The summed E-state index contributed by atoms with van der Waals surface area (Å²) in [7, 11) is 2.78. The number of pyridine rings is 1. The molecule has 4 nitrogen and oxygen atoms in total. The maximum Gasteiger partial charge on any atom is 0.256 e. The zero-order chi connectivity index (χ0) is 13.8. The van der Waals surface area contributed by atoms with Crippen molar-refractivity contribution in [2.24, 2.45) is 5.92 Å². The summed E-state index contributed by atoms with van der Waals surface area (Å²) in [5, 5.41) is 10.1. The second-order valence-corrected chi connectivity index (χ2v) is 7.13. The molecule has 3 unspecified atom stereocenters. The Balaban J connectivity index is 2.10. The van der Waals surface area contributed by atoms with Crippen molar-refractivity contribution in [3.05, 3.63) is 33.7 Å². The van der Waals surface area contributed by atoms with Gasteiger partial charge in [0.05, 0.1) is 5.60 Å². The van der Waals surface area contributed by atoms with Crippen molar-refractivity contribution in [2.45, 2.75) is 38.3 Å². The summed E-state index contributed by atoms with van der Waals surface area (Å²) in [6, 6.07) is 3.83. The molecule has 1 saturated heterocycles. The third-order valence-corrected chi connectivity index (χ3v) is 4.71. The summed E-state index contributed by atoms with van der Waals surface area (Å²) in [5.41, 5.74) is 0.537. The highest BCUT2D eigenvalue weighted by atomic mass is 31.0. The Morgan fingerprint density at radius 1 is 1.32 bits per heavy atom. The Morgan fingerprint density at radius 3 is 2.74 bits per heavy atom. The van der Waals surface area contributed by atoms with Crippen LogP contribution in [0.25, 0.3) is 0 Å². The van der Waals surface area contributed by atoms with Crippen LogP contribution in [0.5, 0.6) is 0 Å². The molecule has 2 aliphatic rings. The molecule has 3 atom stereocenters. The molecular formula is C14H21N2O2P. The minimum atomic E-state index is -1.07. The van der Waals surface area contributed by atoms with Crippen LogP contribution in [-0.2, 0) is 12.1 Å². The molecule has 3 rings (SSSR count). The van der Waals surface area contributed by atoms with Crippen LogP contribution >= 0.6 is 9.39 Å². The highest BCUT2D eigenvalue weighted by molar-refractivity contribution is 7.13. The summed E-state index contributed by atoms with van der Waals surface area (Å²) in [5.74, 6) is 0.979. The molecule has 104 valence electrons. The Bertz CT molecular complexity index is 562. The number of rotatable bonds is 1. The molecule has 0 radical (unpaired) electrons. The maximum atomic E-state index is 12.6. The van der Waals surface area contributed by atoms with E-state index < -0.39 is 5.60 Å². The second-order valence-electron chi connectivity index (χ2n) is 6.40. The van der Waals surface area contributed by atoms with Gasteiger partial charge in [-0.3, -0.25) is 9.46 Å². The molecule has 5 heteroatoms. The summed E-state index contributed by atoms with van der Waals surface area (Å²) in [6.45, 7) is 6.14. The SMILES string of the molecule is CC(C)(O)c1ccc2n(c1=O)CC1CC2CN(P)C1. The van der Waals surface area contributed by atoms with E-state index in [1.165, 1.54) is 6.42 Å². The predicted molar refractivity (Wildman–Crippen MR) is 78.1 cm³/mol. The van der Waals surface area contributed by atoms with Gasteiger partial charge in [0, 0.05) is 36.8 Å². The summed E-state index contributed by atoms with van der Waals surface area (Å²) in [6.07, 6.45) is 1.17. The summed E-state index contributed by atoms with van der Waals surface area (Å²) < 4.78 is 4.17. The third-order valence-electron chi connectivity index (χ3n) is 4.29. The molecule has 2 bridgehead atoms. The van der Waals surface area contributed by atoms with E-state index in [1.807, 2.05) is 10.6 Å². The van der Waals surface area contributed by atoms with Crippen LogP contribution < -0.4 is 5.56 Å². The van der Waals surface area contributed by atoms with Crippen molar-refractivity contribution in [2.75, 3.05) is 13.1 Å². The van der Waals surface area contributed by atoms with Crippen LogP contribution in [0.15, 0.2) is 16.9 Å². The average Bonchev–Trinajstić information content (AvgIpc) is 2.28. The molecule has 1 N–H and O–H groups in total. The number of aliphatic hydroxyl groups is 1. The fraction of sp³-hybridized carbons (Fsp3) is 0.643. The Hall–Kier alpha value is -0.700. The van der Waals surface area contributed by atoms with E-state index in [1.54, 1.807) is 19.9 Å². The van der Waals surface area contributed by atoms with E-state index in [0.29, 0.717) is 17.4 Å². The lowest BCUT2D eigenvalue weighted by Gasteiger charge is -2.41. The van der Waals surface area contributed by atoms with Crippen molar-refractivity contribution >= 4 is 9.39 Å². The number of piperidine rings is 1.